The molecule has 1 saturated heterocycles. The summed E-state index contributed by atoms with van der Waals surface area (Å²) in [6, 6.07) is 7.85. The molecule has 2 atom stereocenters. The van der Waals surface area contributed by atoms with E-state index in [0.29, 0.717) is 17.0 Å². The molecule has 1 heterocycles. The maximum Gasteiger partial charge on any atom is 0.253 e. The van der Waals surface area contributed by atoms with E-state index in [2.05, 4.69) is 13.8 Å². The maximum absolute atomic E-state index is 12.5. The van der Waals surface area contributed by atoms with Crippen molar-refractivity contribution in [3.63, 3.8) is 0 Å². The SMILES string of the molecule is CC1CN(C(=O)c2ccc(CCN)cc2)CC(C)S1. The quantitative estimate of drug-likeness (QED) is 0.921. The monoisotopic (exact) mass is 278 g/mol. The summed E-state index contributed by atoms with van der Waals surface area (Å²) >= 11 is 1.96. The Balaban J connectivity index is 2.06. The zero-order chi connectivity index (χ0) is 13.8. The molecular formula is C15H22N2OS. The number of carbonyl (C=O) groups excluding carboxylic acids is 1. The molecule has 0 aromatic heterocycles. The van der Waals surface area contributed by atoms with E-state index in [4.69, 9.17) is 5.73 Å². The maximum atomic E-state index is 12.5. The zero-order valence-corrected chi connectivity index (χ0v) is 12.5. The molecule has 1 amide bonds. The van der Waals surface area contributed by atoms with E-state index in [-0.39, 0.29) is 5.91 Å². The molecule has 2 N–H and O–H groups in total. The molecule has 0 radical (unpaired) electrons. The molecule has 1 aromatic rings. The molecule has 0 spiro atoms. The Labute approximate surface area is 119 Å². The molecule has 104 valence electrons. The normalized spacial score (nSPS) is 23.4. The first kappa shape index (κ1) is 14.4. The van der Waals surface area contributed by atoms with E-state index >= 15 is 0 Å². The van der Waals surface area contributed by atoms with E-state index in [9.17, 15) is 4.79 Å². The Hall–Kier alpha value is -1.00. The van der Waals surface area contributed by atoms with Gasteiger partial charge in [0.25, 0.3) is 5.91 Å². The fraction of sp³-hybridized carbons (Fsp3) is 0.533. The van der Waals surface area contributed by atoms with Gasteiger partial charge in [0.1, 0.15) is 0 Å². The molecule has 1 aromatic carbocycles. The lowest BCUT2D eigenvalue weighted by Crippen LogP contribution is -2.44. The third kappa shape index (κ3) is 3.74. The predicted molar refractivity (Wildman–Crippen MR) is 81.6 cm³/mol. The Bertz CT molecular complexity index is 422. The fourth-order valence-corrected chi connectivity index (χ4v) is 3.83. The molecule has 1 aliphatic rings. The number of thioether (sulfide) groups is 1. The van der Waals surface area contributed by atoms with Crippen LogP contribution in [-0.4, -0.2) is 40.9 Å². The Morgan fingerprint density at radius 1 is 1.26 bits per heavy atom. The van der Waals surface area contributed by atoms with Crippen LogP contribution in [0.2, 0.25) is 0 Å². The molecule has 2 rings (SSSR count). The first-order valence-corrected chi connectivity index (χ1v) is 7.78. The van der Waals surface area contributed by atoms with Crippen molar-refractivity contribution < 1.29 is 4.79 Å². The summed E-state index contributed by atoms with van der Waals surface area (Å²) in [7, 11) is 0. The number of benzene rings is 1. The predicted octanol–water partition coefficient (Wildman–Crippen LogP) is 2.15. The van der Waals surface area contributed by atoms with Crippen molar-refractivity contribution in [2.75, 3.05) is 19.6 Å². The van der Waals surface area contributed by atoms with Crippen LogP contribution in [0, 0.1) is 0 Å². The smallest absolute Gasteiger partial charge is 0.253 e. The van der Waals surface area contributed by atoms with Crippen molar-refractivity contribution in [1.82, 2.24) is 4.90 Å². The highest BCUT2D eigenvalue weighted by Crippen LogP contribution is 2.25. The van der Waals surface area contributed by atoms with Gasteiger partial charge in [-0.15, -0.1) is 0 Å². The highest BCUT2D eigenvalue weighted by molar-refractivity contribution is 8.00. The second kappa shape index (κ2) is 6.44. The number of hydrogen-bond acceptors (Lipinski definition) is 3. The highest BCUT2D eigenvalue weighted by atomic mass is 32.2. The average molecular weight is 278 g/mol. The lowest BCUT2D eigenvalue weighted by atomic mass is 10.1. The van der Waals surface area contributed by atoms with Crippen molar-refractivity contribution in [2.24, 2.45) is 5.73 Å². The molecule has 0 bridgehead atoms. The van der Waals surface area contributed by atoms with Crippen LogP contribution in [0.1, 0.15) is 29.8 Å². The van der Waals surface area contributed by atoms with E-state index in [1.807, 2.05) is 40.9 Å². The number of hydrogen-bond donors (Lipinski definition) is 1. The van der Waals surface area contributed by atoms with Crippen LogP contribution in [0.15, 0.2) is 24.3 Å². The molecular weight excluding hydrogens is 256 g/mol. The van der Waals surface area contributed by atoms with E-state index in [0.717, 1.165) is 25.1 Å². The van der Waals surface area contributed by atoms with E-state index in [1.165, 1.54) is 5.56 Å². The molecule has 4 heteroatoms. The number of carbonyl (C=O) groups is 1. The summed E-state index contributed by atoms with van der Waals surface area (Å²) in [5.41, 5.74) is 7.50. The summed E-state index contributed by atoms with van der Waals surface area (Å²) in [4.78, 5) is 14.4. The van der Waals surface area contributed by atoms with Crippen LogP contribution in [0.3, 0.4) is 0 Å². The minimum Gasteiger partial charge on any atom is -0.336 e. The van der Waals surface area contributed by atoms with Gasteiger partial charge in [-0.2, -0.15) is 11.8 Å². The molecule has 1 fully saturated rings. The third-order valence-electron chi connectivity index (χ3n) is 3.34. The van der Waals surface area contributed by atoms with Gasteiger partial charge in [-0.05, 0) is 30.7 Å². The summed E-state index contributed by atoms with van der Waals surface area (Å²) in [6.07, 6.45) is 0.864. The Kier molecular flexibility index (Phi) is 4.88. The number of nitrogens with two attached hydrogens (primary N) is 1. The van der Waals surface area contributed by atoms with Gasteiger partial charge in [-0.1, -0.05) is 26.0 Å². The Morgan fingerprint density at radius 2 is 1.84 bits per heavy atom. The minimum absolute atomic E-state index is 0.151. The molecule has 2 unspecified atom stereocenters. The lowest BCUT2D eigenvalue weighted by Gasteiger charge is -2.34. The third-order valence-corrected chi connectivity index (χ3v) is 4.57. The topological polar surface area (TPSA) is 46.3 Å². The van der Waals surface area contributed by atoms with E-state index in [1.54, 1.807) is 0 Å². The number of amides is 1. The molecule has 1 aliphatic heterocycles. The minimum atomic E-state index is 0.151. The molecule has 0 saturated carbocycles. The lowest BCUT2D eigenvalue weighted by molar-refractivity contribution is 0.0753. The van der Waals surface area contributed by atoms with Gasteiger partial charge in [-0.25, -0.2) is 0 Å². The van der Waals surface area contributed by atoms with E-state index < -0.39 is 0 Å². The van der Waals surface area contributed by atoms with Crippen LogP contribution in [0.5, 0.6) is 0 Å². The van der Waals surface area contributed by atoms with Crippen LogP contribution in [-0.2, 0) is 6.42 Å². The van der Waals surface area contributed by atoms with Gasteiger partial charge < -0.3 is 10.6 Å². The zero-order valence-electron chi connectivity index (χ0n) is 11.6. The summed E-state index contributed by atoms with van der Waals surface area (Å²) in [5, 5.41) is 1.04. The van der Waals surface area contributed by atoms with Gasteiger partial charge in [0.05, 0.1) is 0 Å². The summed E-state index contributed by atoms with van der Waals surface area (Å²) in [5.74, 6) is 0.151. The molecule has 0 aliphatic carbocycles. The van der Waals surface area contributed by atoms with Crippen molar-refractivity contribution in [1.29, 1.82) is 0 Å². The molecule has 19 heavy (non-hydrogen) atoms. The standard InChI is InChI=1S/C15H22N2OS/c1-11-9-17(10-12(2)19-11)15(18)14-5-3-13(4-6-14)7-8-16/h3-6,11-12H,7-10,16H2,1-2H3. The van der Waals surface area contributed by atoms with Gasteiger partial charge in [-0.3, -0.25) is 4.79 Å². The van der Waals surface area contributed by atoms with Crippen LogP contribution < -0.4 is 5.73 Å². The highest BCUT2D eigenvalue weighted by Gasteiger charge is 2.26. The second-order valence-electron chi connectivity index (χ2n) is 5.20. The van der Waals surface area contributed by atoms with Gasteiger partial charge in [0, 0.05) is 29.2 Å². The summed E-state index contributed by atoms with van der Waals surface area (Å²) in [6.45, 7) is 6.71. The fourth-order valence-electron chi connectivity index (χ4n) is 2.51. The number of nitrogens with zero attached hydrogens (tertiary/aromatic N) is 1. The molecule has 3 nitrogen and oxygen atoms in total. The van der Waals surface area contributed by atoms with Crippen LogP contribution >= 0.6 is 11.8 Å². The second-order valence-corrected chi connectivity index (χ2v) is 7.08. The van der Waals surface area contributed by atoms with Gasteiger partial charge in [0.2, 0.25) is 0 Å². The summed E-state index contributed by atoms with van der Waals surface area (Å²) < 4.78 is 0. The van der Waals surface area contributed by atoms with Crippen molar-refractivity contribution in [2.45, 2.75) is 30.8 Å². The van der Waals surface area contributed by atoms with Gasteiger partial charge in [0.15, 0.2) is 0 Å². The Morgan fingerprint density at radius 3 is 2.37 bits per heavy atom. The first-order chi connectivity index (χ1) is 9.10. The van der Waals surface area contributed by atoms with Crippen LogP contribution in [0.4, 0.5) is 0 Å². The average Bonchev–Trinajstić information content (AvgIpc) is 2.38. The largest absolute Gasteiger partial charge is 0.336 e. The number of rotatable bonds is 3. The van der Waals surface area contributed by atoms with Crippen molar-refractivity contribution >= 4 is 17.7 Å². The van der Waals surface area contributed by atoms with Crippen molar-refractivity contribution in [3.8, 4) is 0 Å². The van der Waals surface area contributed by atoms with Crippen molar-refractivity contribution in [3.05, 3.63) is 35.4 Å². The van der Waals surface area contributed by atoms with Gasteiger partial charge >= 0.3 is 0 Å². The van der Waals surface area contributed by atoms with Crippen LogP contribution in [0.25, 0.3) is 0 Å². The first-order valence-electron chi connectivity index (χ1n) is 6.84.